The zero-order valence-electron chi connectivity index (χ0n) is 12.6. The van der Waals surface area contributed by atoms with Crippen molar-refractivity contribution in [2.75, 3.05) is 13.7 Å². The van der Waals surface area contributed by atoms with Crippen LogP contribution in [0.15, 0.2) is 29.3 Å². The van der Waals surface area contributed by atoms with Crippen molar-refractivity contribution in [1.82, 2.24) is 5.32 Å². The van der Waals surface area contributed by atoms with Gasteiger partial charge in [0.25, 0.3) is 0 Å². The van der Waals surface area contributed by atoms with Gasteiger partial charge in [-0.15, -0.1) is 0 Å². The molecule has 2 aliphatic heterocycles. The van der Waals surface area contributed by atoms with Crippen molar-refractivity contribution in [2.24, 2.45) is 4.99 Å². The molecular formula is C15H19FN2O4S. The normalized spacial score (nSPS) is 35.1. The molecule has 0 radical (unpaired) electrons. The number of rotatable bonds is 4. The molecule has 5 unspecified atom stereocenters. The van der Waals surface area contributed by atoms with Crippen LogP contribution in [0.5, 0.6) is 0 Å². The first-order chi connectivity index (χ1) is 11.1. The summed E-state index contributed by atoms with van der Waals surface area (Å²) in [6, 6.07) is 5.62. The fourth-order valence-electron chi connectivity index (χ4n) is 2.60. The number of thioether (sulfide) groups is 1. The van der Waals surface area contributed by atoms with Crippen LogP contribution in [-0.2, 0) is 16.1 Å². The minimum Gasteiger partial charge on any atom is -0.388 e. The molecule has 6 nitrogen and oxygen atoms in total. The Bertz CT molecular complexity index is 571. The van der Waals surface area contributed by atoms with Gasteiger partial charge in [-0.3, -0.25) is 4.99 Å². The lowest BCUT2D eigenvalue weighted by Gasteiger charge is -2.38. The molecule has 2 fully saturated rings. The van der Waals surface area contributed by atoms with E-state index in [1.54, 1.807) is 19.2 Å². The predicted molar refractivity (Wildman–Crippen MR) is 84.6 cm³/mol. The minimum atomic E-state index is -1.05. The van der Waals surface area contributed by atoms with E-state index in [2.05, 4.69) is 10.3 Å². The molecule has 1 aromatic carbocycles. The summed E-state index contributed by atoms with van der Waals surface area (Å²) in [5.74, 6) is -0.298. The number of fused-ring (bicyclic) bond motifs is 1. The second-order valence-corrected chi connectivity index (χ2v) is 6.57. The predicted octanol–water partition coefficient (Wildman–Crippen LogP) is 0.480. The van der Waals surface area contributed by atoms with E-state index >= 15 is 0 Å². The number of hydrogen-bond donors (Lipinski definition) is 3. The number of aliphatic imine (C=N–C) groups is 1. The zero-order valence-corrected chi connectivity index (χ0v) is 13.4. The van der Waals surface area contributed by atoms with Gasteiger partial charge in [0.1, 0.15) is 29.6 Å². The summed E-state index contributed by atoms with van der Waals surface area (Å²) in [4.78, 5) is 4.04. The van der Waals surface area contributed by atoms with Crippen molar-refractivity contribution in [1.29, 1.82) is 0 Å². The minimum absolute atomic E-state index is 0.137. The number of ether oxygens (including phenoxy) is 2. The van der Waals surface area contributed by atoms with Crippen molar-refractivity contribution in [2.45, 2.75) is 36.4 Å². The molecule has 2 saturated heterocycles. The SMILES string of the molecule is CN=C1NC2C(OC(COCc3ccc(F)cc3)C(O)C2O)S1. The van der Waals surface area contributed by atoms with Crippen molar-refractivity contribution in [3.63, 3.8) is 0 Å². The standard InChI is InChI=1S/C15H19FN2O4S/c1-17-15-18-11-13(20)12(19)10(22-14(11)23-15)7-21-6-8-2-4-9(16)5-3-8/h2-5,10-14,19-20H,6-7H2,1H3,(H,17,18). The monoisotopic (exact) mass is 342 g/mol. The Morgan fingerprint density at radius 3 is 2.74 bits per heavy atom. The van der Waals surface area contributed by atoms with Crippen molar-refractivity contribution in [3.8, 4) is 0 Å². The number of amidine groups is 1. The van der Waals surface area contributed by atoms with Crippen LogP contribution in [0.4, 0.5) is 4.39 Å². The van der Waals surface area contributed by atoms with Crippen LogP contribution in [-0.4, -0.2) is 58.8 Å². The smallest absolute Gasteiger partial charge is 0.159 e. The van der Waals surface area contributed by atoms with Gasteiger partial charge in [-0.25, -0.2) is 4.39 Å². The number of aliphatic hydroxyl groups excluding tert-OH is 2. The number of nitrogens with zero attached hydrogens (tertiary/aromatic N) is 1. The molecule has 0 saturated carbocycles. The third-order valence-electron chi connectivity index (χ3n) is 3.89. The maximum absolute atomic E-state index is 12.8. The summed E-state index contributed by atoms with van der Waals surface area (Å²) in [5, 5.41) is 24.1. The van der Waals surface area contributed by atoms with E-state index in [4.69, 9.17) is 9.47 Å². The lowest BCUT2D eigenvalue weighted by molar-refractivity contribution is -0.174. The van der Waals surface area contributed by atoms with Crippen LogP contribution in [0.1, 0.15) is 5.56 Å². The molecule has 0 spiro atoms. The highest BCUT2D eigenvalue weighted by Crippen LogP contribution is 2.33. The van der Waals surface area contributed by atoms with Gasteiger partial charge < -0.3 is 25.0 Å². The van der Waals surface area contributed by atoms with Crippen LogP contribution < -0.4 is 5.32 Å². The van der Waals surface area contributed by atoms with Crippen molar-refractivity contribution >= 4 is 16.9 Å². The first-order valence-electron chi connectivity index (χ1n) is 7.32. The van der Waals surface area contributed by atoms with Gasteiger partial charge in [-0.1, -0.05) is 23.9 Å². The van der Waals surface area contributed by atoms with E-state index in [0.717, 1.165) is 5.56 Å². The summed E-state index contributed by atoms with van der Waals surface area (Å²) in [6.45, 7) is 0.419. The third kappa shape index (κ3) is 3.67. The molecule has 3 rings (SSSR count). The summed E-state index contributed by atoms with van der Waals surface area (Å²) in [5.41, 5.74) is 0.513. The van der Waals surface area contributed by atoms with E-state index in [1.165, 1.54) is 23.9 Å². The molecule has 8 heteroatoms. The molecule has 0 aromatic heterocycles. The highest BCUT2D eigenvalue weighted by atomic mass is 32.2. The summed E-state index contributed by atoms with van der Waals surface area (Å²) >= 11 is 1.38. The Kier molecular flexibility index (Phi) is 5.17. The number of hydrogen-bond acceptors (Lipinski definition) is 6. The Morgan fingerprint density at radius 1 is 1.30 bits per heavy atom. The van der Waals surface area contributed by atoms with E-state index in [9.17, 15) is 14.6 Å². The van der Waals surface area contributed by atoms with Crippen molar-refractivity contribution in [3.05, 3.63) is 35.6 Å². The summed E-state index contributed by atoms with van der Waals surface area (Å²) in [7, 11) is 1.65. The molecule has 3 N–H and O–H groups in total. The van der Waals surface area contributed by atoms with Gasteiger partial charge in [-0.2, -0.15) is 0 Å². The Hall–Kier alpha value is -1.19. The first kappa shape index (κ1) is 16.7. The molecule has 2 aliphatic rings. The molecule has 0 aliphatic carbocycles. The highest BCUT2D eigenvalue weighted by Gasteiger charge is 2.48. The fourth-order valence-corrected chi connectivity index (χ4v) is 3.70. The van der Waals surface area contributed by atoms with Gasteiger partial charge in [0.05, 0.1) is 19.3 Å². The van der Waals surface area contributed by atoms with Gasteiger partial charge in [0.2, 0.25) is 0 Å². The molecule has 2 heterocycles. The van der Waals surface area contributed by atoms with E-state index in [-0.39, 0.29) is 30.5 Å². The number of nitrogens with one attached hydrogen (secondary N) is 1. The number of benzene rings is 1. The molecule has 23 heavy (non-hydrogen) atoms. The maximum atomic E-state index is 12.8. The highest BCUT2D eigenvalue weighted by molar-refractivity contribution is 8.14. The fraction of sp³-hybridized carbons (Fsp3) is 0.533. The lowest BCUT2D eigenvalue weighted by atomic mass is 9.98. The molecular weight excluding hydrogens is 323 g/mol. The first-order valence-corrected chi connectivity index (χ1v) is 8.20. The summed E-state index contributed by atoms with van der Waals surface area (Å²) < 4.78 is 24.2. The van der Waals surface area contributed by atoms with Crippen LogP contribution in [0.3, 0.4) is 0 Å². The largest absolute Gasteiger partial charge is 0.388 e. The molecule has 0 amide bonds. The molecule has 0 bridgehead atoms. The maximum Gasteiger partial charge on any atom is 0.159 e. The van der Waals surface area contributed by atoms with Crippen LogP contribution in [0.25, 0.3) is 0 Å². The van der Waals surface area contributed by atoms with E-state index in [1.807, 2.05) is 0 Å². The Labute approximate surface area is 137 Å². The molecule has 5 atom stereocenters. The van der Waals surface area contributed by atoms with Crippen LogP contribution in [0.2, 0.25) is 0 Å². The summed E-state index contributed by atoms with van der Waals surface area (Å²) in [6.07, 6.45) is -2.63. The van der Waals surface area contributed by atoms with E-state index < -0.39 is 18.3 Å². The lowest BCUT2D eigenvalue weighted by Crippen LogP contribution is -2.59. The van der Waals surface area contributed by atoms with Crippen LogP contribution in [0, 0.1) is 5.82 Å². The van der Waals surface area contributed by atoms with Crippen molar-refractivity contribution < 1.29 is 24.1 Å². The average molecular weight is 342 g/mol. The number of aliphatic hydroxyl groups is 2. The Balaban J connectivity index is 1.55. The topological polar surface area (TPSA) is 83.3 Å². The van der Waals surface area contributed by atoms with Gasteiger partial charge >= 0.3 is 0 Å². The number of halogens is 1. The second-order valence-electron chi connectivity index (χ2n) is 5.48. The third-order valence-corrected chi connectivity index (χ3v) is 5.05. The Morgan fingerprint density at radius 2 is 2.04 bits per heavy atom. The molecule has 1 aromatic rings. The quantitative estimate of drug-likeness (QED) is 0.738. The second kappa shape index (κ2) is 7.14. The van der Waals surface area contributed by atoms with Gasteiger partial charge in [-0.05, 0) is 17.7 Å². The van der Waals surface area contributed by atoms with Crippen LogP contribution >= 0.6 is 11.8 Å². The average Bonchev–Trinajstić information content (AvgIpc) is 2.97. The zero-order chi connectivity index (χ0) is 16.4. The van der Waals surface area contributed by atoms with Gasteiger partial charge in [0.15, 0.2) is 5.17 Å². The van der Waals surface area contributed by atoms with Gasteiger partial charge in [0, 0.05) is 7.05 Å². The molecule has 126 valence electrons. The van der Waals surface area contributed by atoms with E-state index in [0.29, 0.717) is 5.17 Å².